The summed E-state index contributed by atoms with van der Waals surface area (Å²) in [5.74, 6) is -0.152. The lowest BCUT2D eigenvalue weighted by Gasteiger charge is -2.23. The van der Waals surface area contributed by atoms with E-state index in [4.69, 9.17) is 11.6 Å². The van der Waals surface area contributed by atoms with Crippen molar-refractivity contribution in [2.24, 2.45) is 0 Å². The van der Waals surface area contributed by atoms with E-state index < -0.39 is 10.0 Å². The van der Waals surface area contributed by atoms with Crippen molar-refractivity contribution in [3.8, 4) is 0 Å². The van der Waals surface area contributed by atoms with Crippen molar-refractivity contribution in [3.05, 3.63) is 59.1 Å². The average molecular weight is 409 g/mol. The third-order valence-corrected chi connectivity index (χ3v) is 6.20. The number of hydrogen-bond donors (Lipinski definition) is 0. The van der Waals surface area contributed by atoms with Crippen LogP contribution in [0.4, 0.5) is 5.69 Å². The summed E-state index contributed by atoms with van der Waals surface area (Å²) in [6, 6.07) is 12.8. The zero-order valence-electron chi connectivity index (χ0n) is 15.9. The highest BCUT2D eigenvalue weighted by Crippen LogP contribution is 2.25. The summed E-state index contributed by atoms with van der Waals surface area (Å²) >= 11 is 5.97. The van der Waals surface area contributed by atoms with E-state index in [0.29, 0.717) is 29.4 Å². The zero-order valence-corrected chi connectivity index (χ0v) is 17.4. The van der Waals surface area contributed by atoms with Crippen molar-refractivity contribution in [2.75, 3.05) is 24.4 Å². The Morgan fingerprint density at radius 2 is 1.63 bits per heavy atom. The first-order valence-corrected chi connectivity index (χ1v) is 10.8. The minimum atomic E-state index is -3.81. The molecule has 0 aliphatic rings. The van der Waals surface area contributed by atoms with Crippen molar-refractivity contribution in [1.29, 1.82) is 0 Å². The largest absolute Gasteiger partial charge is 0.339 e. The van der Waals surface area contributed by atoms with Crippen LogP contribution in [0.25, 0.3) is 0 Å². The lowest BCUT2D eigenvalue weighted by molar-refractivity contribution is 0.0755. The molecule has 5 nitrogen and oxygen atoms in total. The number of sulfonamides is 1. The summed E-state index contributed by atoms with van der Waals surface area (Å²) in [6.07, 6.45) is 1.70. The number of rotatable bonds is 8. The van der Waals surface area contributed by atoms with Gasteiger partial charge in [0.15, 0.2) is 0 Å². The van der Waals surface area contributed by atoms with Crippen LogP contribution in [-0.4, -0.2) is 39.4 Å². The molecule has 146 valence electrons. The van der Waals surface area contributed by atoms with Crippen LogP contribution in [0.3, 0.4) is 0 Å². The Hall–Kier alpha value is -2.05. The maximum absolute atomic E-state index is 13.0. The molecule has 1 amide bonds. The Balaban J connectivity index is 2.36. The van der Waals surface area contributed by atoms with Gasteiger partial charge < -0.3 is 4.90 Å². The Bertz CT molecular complexity index is 894. The summed E-state index contributed by atoms with van der Waals surface area (Å²) in [5.41, 5.74) is 0.829. The van der Waals surface area contributed by atoms with Gasteiger partial charge >= 0.3 is 0 Å². The van der Waals surface area contributed by atoms with Crippen LogP contribution in [0.1, 0.15) is 37.0 Å². The molecule has 7 heteroatoms. The second-order valence-electron chi connectivity index (χ2n) is 6.27. The molecule has 2 aromatic carbocycles. The van der Waals surface area contributed by atoms with Crippen LogP contribution in [-0.2, 0) is 10.0 Å². The van der Waals surface area contributed by atoms with Gasteiger partial charge in [-0.15, -0.1) is 0 Å². The Kier molecular flexibility index (Phi) is 7.27. The Morgan fingerprint density at radius 3 is 2.22 bits per heavy atom. The van der Waals surface area contributed by atoms with E-state index in [1.807, 2.05) is 13.8 Å². The minimum absolute atomic E-state index is 0.0729. The van der Waals surface area contributed by atoms with Crippen molar-refractivity contribution in [2.45, 2.75) is 31.6 Å². The second-order valence-corrected chi connectivity index (χ2v) is 8.68. The van der Waals surface area contributed by atoms with Crippen molar-refractivity contribution in [3.63, 3.8) is 0 Å². The monoisotopic (exact) mass is 408 g/mol. The molecule has 27 heavy (non-hydrogen) atoms. The number of amides is 1. The number of nitrogens with zero attached hydrogens (tertiary/aromatic N) is 2. The Labute approximate surface area is 166 Å². The second kappa shape index (κ2) is 9.24. The van der Waals surface area contributed by atoms with Crippen molar-refractivity contribution < 1.29 is 13.2 Å². The van der Waals surface area contributed by atoms with Crippen molar-refractivity contribution >= 4 is 33.2 Å². The van der Waals surface area contributed by atoms with Gasteiger partial charge in [0.05, 0.1) is 10.6 Å². The predicted molar refractivity (Wildman–Crippen MR) is 110 cm³/mol. The van der Waals surface area contributed by atoms with E-state index >= 15 is 0 Å². The maximum Gasteiger partial charge on any atom is 0.264 e. The molecule has 2 rings (SSSR count). The van der Waals surface area contributed by atoms with Crippen LogP contribution in [0, 0.1) is 0 Å². The van der Waals surface area contributed by atoms with E-state index in [1.54, 1.807) is 41.3 Å². The Morgan fingerprint density at radius 1 is 1.00 bits per heavy atom. The topological polar surface area (TPSA) is 57.7 Å². The van der Waals surface area contributed by atoms with Crippen LogP contribution in [0.2, 0.25) is 5.02 Å². The van der Waals surface area contributed by atoms with E-state index in [2.05, 4.69) is 0 Å². The first-order chi connectivity index (χ1) is 12.8. The molecule has 0 fully saturated rings. The van der Waals surface area contributed by atoms with E-state index in [-0.39, 0.29) is 10.8 Å². The number of carbonyl (C=O) groups is 1. The highest BCUT2D eigenvalue weighted by molar-refractivity contribution is 7.92. The molecular weight excluding hydrogens is 384 g/mol. The van der Waals surface area contributed by atoms with Gasteiger partial charge in [-0.2, -0.15) is 0 Å². The number of hydrogen-bond acceptors (Lipinski definition) is 3. The molecule has 0 atom stereocenters. The van der Waals surface area contributed by atoms with Crippen LogP contribution >= 0.6 is 11.6 Å². The molecular formula is C20H25ClN2O3S. The molecule has 0 radical (unpaired) electrons. The number of anilines is 1. The van der Waals surface area contributed by atoms with E-state index in [1.165, 1.54) is 23.5 Å². The molecule has 0 unspecified atom stereocenters. The molecule has 0 saturated carbocycles. The van der Waals surface area contributed by atoms with Gasteiger partial charge in [-0.25, -0.2) is 8.42 Å². The lowest BCUT2D eigenvalue weighted by atomic mass is 10.2. The van der Waals surface area contributed by atoms with Crippen LogP contribution < -0.4 is 4.31 Å². The molecule has 0 heterocycles. The van der Waals surface area contributed by atoms with Crippen molar-refractivity contribution in [1.82, 2.24) is 4.90 Å². The van der Waals surface area contributed by atoms with E-state index in [9.17, 15) is 13.2 Å². The van der Waals surface area contributed by atoms with Crippen LogP contribution in [0.5, 0.6) is 0 Å². The number of benzene rings is 2. The third-order valence-electron chi connectivity index (χ3n) is 4.19. The van der Waals surface area contributed by atoms with Gasteiger partial charge in [0.2, 0.25) is 0 Å². The third kappa shape index (κ3) is 5.02. The van der Waals surface area contributed by atoms with Crippen LogP contribution in [0.15, 0.2) is 53.4 Å². The summed E-state index contributed by atoms with van der Waals surface area (Å²) in [4.78, 5) is 14.6. The normalized spacial score (nSPS) is 11.3. The summed E-state index contributed by atoms with van der Waals surface area (Å²) in [5, 5.41) is 0.452. The summed E-state index contributed by atoms with van der Waals surface area (Å²) < 4.78 is 27.2. The molecule has 0 spiro atoms. The molecule has 0 aliphatic heterocycles. The molecule has 0 aliphatic carbocycles. The van der Waals surface area contributed by atoms with Gasteiger partial charge in [0.25, 0.3) is 15.9 Å². The smallest absolute Gasteiger partial charge is 0.264 e. The number of carbonyl (C=O) groups excluding carboxylic acids is 1. The average Bonchev–Trinajstić information content (AvgIpc) is 2.66. The zero-order chi connectivity index (χ0) is 20.0. The van der Waals surface area contributed by atoms with Gasteiger partial charge in [0, 0.05) is 30.7 Å². The first kappa shape index (κ1) is 21.3. The highest BCUT2D eigenvalue weighted by Gasteiger charge is 2.23. The van der Waals surface area contributed by atoms with Gasteiger partial charge in [0.1, 0.15) is 0 Å². The van der Waals surface area contributed by atoms with Gasteiger partial charge in [-0.3, -0.25) is 9.10 Å². The molecule has 0 aromatic heterocycles. The first-order valence-electron chi connectivity index (χ1n) is 8.95. The number of halogens is 1. The standard InChI is InChI=1S/C20H25ClN2O3S/c1-4-12-23(13-5-2)20(24)16-8-6-11-19(14-16)27(25,26)22(3)18-10-7-9-17(21)15-18/h6-11,14-15H,4-5,12-13H2,1-3H3. The van der Waals surface area contributed by atoms with Gasteiger partial charge in [-0.1, -0.05) is 37.6 Å². The maximum atomic E-state index is 13.0. The fraction of sp³-hybridized carbons (Fsp3) is 0.350. The summed E-state index contributed by atoms with van der Waals surface area (Å²) in [7, 11) is -2.34. The van der Waals surface area contributed by atoms with Gasteiger partial charge in [-0.05, 0) is 49.2 Å². The molecule has 0 bridgehead atoms. The SMILES string of the molecule is CCCN(CCC)C(=O)c1cccc(S(=O)(=O)N(C)c2cccc(Cl)c2)c1. The summed E-state index contributed by atoms with van der Waals surface area (Å²) in [6.45, 7) is 5.31. The lowest BCUT2D eigenvalue weighted by Crippen LogP contribution is -2.33. The highest BCUT2D eigenvalue weighted by atomic mass is 35.5. The quantitative estimate of drug-likeness (QED) is 0.649. The predicted octanol–water partition coefficient (Wildman–Crippen LogP) is 4.43. The fourth-order valence-electron chi connectivity index (χ4n) is 2.80. The molecule has 0 saturated heterocycles. The molecule has 0 N–H and O–H groups in total. The fourth-order valence-corrected chi connectivity index (χ4v) is 4.21. The van der Waals surface area contributed by atoms with E-state index in [0.717, 1.165) is 12.8 Å². The minimum Gasteiger partial charge on any atom is -0.339 e. The molecule has 2 aromatic rings.